The third-order valence-corrected chi connectivity index (χ3v) is 8.70. The van der Waals surface area contributed by atoms with E-state index < -0.39 is 94.8 Å². The van der Waals surface area contributed by atoms with E-state index in [4.69, 9.17) is 49.0 Å². The Morgan fingerprint density at radius 3 is 2.27 bits per heavy atom. The van der Waals surface area contributed by atoms with Crippen LogP contribution in [-0.2, 0) is 33.4 Å². The first-order valence-electron chi connectivity index (χ1n) is 17.6. The molecule has 2 aromatic rings. The molecule has 0 spiro atoms. The lowest BCUT2D eigenvalue weighted by molar-refractivity contribution is -0.168. The molecule has 0 aliphatic carbocycles. The number of carbonyl (C=O) groups excluding carboxylic acids is 5. The molecule has 1 aliphatic heterocycles. The smallest absolute Gasteiger partial charge is 0.408 e. The molecule has 2 heterocycles. The molecule has 0 unspecified atom stereocenters. The zero-order chi connectivity index (χ0) is 41.3. The number of rotatable bonds is 14. The van der Waals surface area contributed by atoms with E-state index in [0.29, 0.717) is 16.8 Å². The van der Waals surface area contributed by atoms with Crippen molar-refractivity contribution >= 4 is 81.6 Å². The number of piperazine rings is 1. The third kappa shape index (κ3) is 13.4. The fourth-order valence-electron chi connectivity index (χ4n) is 5.33. The number of hydrogen-bond donors (Lipinski definition) is 3. The molecule has 1 aromatic carbocycles. The van der Waals surface area contributed by atoms with Gasteiger partial charge < -0.3 is 35.1 Å². The number of halogens is 5. The van der Waals surface area contributed by atoms with Crippen LogP contribution in [0.4, 0.5) is 13.6 Å². The fourth-order valence-corrected chi connectivity index (χ4v) is 5.49. The Hall–Kier alpha value is -3.79. The number of hydrogen-bond acceptors (Lipinski definition) is 10. The molecular formula is C37H48Cl3F2N5O8. The number of nitrogens with zero attached hydrogens (tertiary/aromatic N) is 2. The highest BCUT2D eigenvalue weighted by Gasteiger charge is 2.42. The molecule has 13 nitrogen and oxygen atoms in total. The molecule has 0 radical (unpaired) electrons. The number of alkyl halides is 5. The summed E-state index contributed by atoms with van der Waals surface area (Å²) in [5.41, 5.74) is -1.55. The van der Waals surface area contributed by atoms with Crippen molar-refractivity contribution in [2.75, 3.05) is 39.6 Å². The topological polar surface area (TPSA) is 165 Å². The normalized spacial score (nSPS) is 17.0. The molecule has 4 atom stereocenters. The lowest BCUT2D eigenvalue weighted by Crippen LogP contribution is -2.60. The van der Waals surface area contributed by atoms with Gasteiger partial charge >= 0.3 is 18.0 Å². The molecule has 0 saturated carbocycles. The lowest BCUT2D eigenvalue weighted by atomic mass is 9.89. The van der Waals surface area contributed by atoms with Crippen LogP contribution in [-0.4, -0.2) is 107 Å². The minimum Gasteiger partial charge on any atom is -0.460 e. The summed E-state index contributed by atoms with van der Waals surface area (Å²) in [6.07, 6.45) is 0.286. The molecule has 18 heteroatoms. The van der Waals surface area contributed by atoms with E-state index in [0.717, 1.165) is 11.5 Å². The molecule has 1 aliphatic rings. The van der Waals surface area contributed by atoms with E-state index in [-0.39, 0.29) is 19.6 Å². The second-order valence-electron chi connectivity index (χ2n) is 14.6. The summed E-state index contributed by atoms with van der Waals surface area (Å²) in [7, 11) is 0. The summed E-state index contributed by atoms with van der Waals surface area (Å²) in [4.78, 5) is 70.7. The maximum absolute atomic E-state index is 14.6. The third-order valence-electron chi connectivity index (χ3n) is 8.37. The predicted molar refractivity (Wildman–Crippen MR) is 205 cm³/mol. The van der Waals surface area contributed by atoms with E-state index in [9.17, 15) is 32.8 Å². The molecule has 3 rings (SSSR count). The van der Waals surface area contributed by atoms with Gasteiger partial charge in [-0.25, -0.2) is 13.6 Å². The monoisotopic (exact) mass is 833 g/mol. The fraction of sp³-hybridized carbons (Fsp3) is 0.568. The highest BCUT2D eigenvalue weighted by Crippen LogP contribution is 2.28. The van der Waals surface area contributed by atoms with Gasteiger partial charge in [-0.1, -0.05) is 79.0 Å². The van der Waals surface area contributed by atoms with Crippen LogP contribution < -0.4 is 16.0 Å². The molecule has 3 N–H and O–H groups in total. The van der Waals surface area contributed by atoms with Gasteiger partial charge in [-0.15, -0.1) is 0 Å². The van der Waals surface area contributed by atoms with Gasteiger partial charge in [0.15, 0.2) is 6.10 Å². The van der Waals surface area contributed by atoms with Crippen molar-refractivity contribution in [1.29, 1.82) is 0 Å². The number of fused-ring (bicyclic) bond motifs is 1. The number of nitrogens with one attached hydrogen (secondary N) is 3. The highest BCUT2D eigenvalue weighted by atomic mass is 35.6. The van der Waals surface area contributed by atoms with Gasteiger partial charge in [0.1, 0.15) is 43.1 Å². The molecule has 55 heavy (non-hydrogen) atoms. The van der Waals surface area contributed by atoms with Crippen LogP contribution in [0.15, 0.2) is 36.4 Å². The van der Waals surface area contributed by atoms with Crippen molar-refractivity contribution in [3.05, 3.63) is 47.7 Å². The molecule has 3 amide bonds. The Kier molecular flexibility index (Phi) is 16.1. The Morgan fingerprint density at radius 2 is 1.67 bits per heavy atom. The van der Waals surface area contributed by atoms with E-state index in [1.54, 1.807) is 65.8 Å². The van der Waals surface area contributed by atoms with Crippen molar-refractivity contribution in [2.45, 2.75) is 82.1 Å². The van der Waals surface area contributed by atoms with Gasteiger partial charge in [-0.3, -0.25) is 24.2 Å². The van der Waals surface area contributed by atoms with Gasteiger partial charge in [0.05, 0.1) is 17.3 Å². The van der Waals surface area contributed by atoms with Crippen LogP contribution in [0.5, 0.6) is 0 Å². The summed E-state index contributed by atoms with van der Waals surface area (Å²) in [6.45, 7) is 8.43. The zero-order valence-electron chi connectivity index (χ0n) is 31.7. The highest BCUT2D eigenvalue weighted by molar-refractivity contribution is 6.67. The standard InChI is InChI=1S/C37H48Cl3F2N5O8/c1-21(2)29(30(48)44-23(4)31(49)47-15-14-43-28(17-47)32(50)53-20-37(38,39)40)54-33(51)36(18-41,19-42)13-12-24-8-9-25-10-11-26(46-27(25)16-24)22(3)45-34(52)55-35(5,6)7/h8-13,16,21-23,28-29,43H,14-15,17-20H2,1-7H3,(H,44,48)(H,45,52)/b13-12+/t22-,23+,28+,29+/m1/s1. The van der Waals surface area contributed by atoms with Crippen LogP contribution >= 0.6 is 34.8 Å². The maximum Gasteiger partial charge on any atom is 0.408 e. The molecule has 0 bridgehead atoms. The van der Waals surface area contributed by atoms with Crippen molar-refractivity contribution in [3.8, 4) is 0 Å². The zero-order valence-corrected chi connectivity index (χ0v) is 34.0. The van der Waals surface area contributed by atoms with Crippen molar-refractivity contribution < 1.29 is 47.0 Å². The second-order valence-corrected chi connectivity index (χ2v) is 17.1. The SMILES string of the molecule is CC(C)[C@H](OC(=O)C(/C=C/c1ccc2ccc([C@@H](C)NC(=O)OC(C)(C)C)nc2c1)(CF)CF)C(=O)N[C@@H](C)C(=O)N1CCN[C@H](C(=O)OCC(Cl)(Cl)Cl)C1. The largest absolute Gasteiger partial charge is 0.460 e. The van der Waals surface area contributed by atoms with Crippen molar-refractivity contribution in [1.82, 2.24) is 25.8 Å². The average Bonchev–Trinajstić information content (AvgIpc) is 3.11. The second kappa shape index (κ2) is 19.4. The van der Waals surface area contributed by atoms with E-state index >= 15 is 0 Å². The molecule has 1 saturated heterocycles. The Bertz CT molecular complexity index is 1730. The maximum atomic E-state index is 14.6. The number of esters is 2. The van der Waals surface area contributed by atoms with Crippen LogP contribution in [0.3, 0.4) is 0 Å². The summed E-state index contributed by atoms with van der Waals surface area (Å²) < 4.78 is 43.1. The molecule has 1 fully saturated rings. The average molecular weight is 835 g/mol. The number of alkyl carbamates (subject to hydrolysis) is 1. The summed E-state index contributed by atoms with van der Waals surface area (Å²) in [5.74, 6) is -4.12. The number of benzene rings is 1. The van der Waals surface area contributed by atoms with E-state index in [1.807, 2.05) is 6.07 Å². The molecular weight excluding hydrogens is 787 g/mol. The first kappa shape index (κ1) is 45.6. The Morgan fingerprint density at radius 1 is 1.02 bits per heavy atom. The molecule has 304 valence electrons. The van der Waals surface area contributed by atoms with Gasteiger partial charge in [0.2, 0.25) is 9.70 Å². The number of aromatic nitrogens is 1. The van der Waals surface area contributed by atoms with Gasteiger partial charge in [0, 0.05) is 25.0 Å². The predicted octanol–water partition coefficient (Wildman–Crippen LogP) is 5.55. The Balaban J connectivity index is 1.70. The first-order valence-corrected chi connectivity index (χ1v) is 18.7. The summed E-state index contributed by atoms with van der Waals surface area (Å²) in [6, 6.07) is 6.07. The number of carbonyl (C=O) groups is 5. The lowest BCUT2D eigenvalue weighted by Gasteiger charge is -2.34. The van der Waals surface area contributed by atoms with Crippen LogP contribution in [0.1, 0.15) is 65.8 Å². The summed E-state index contributed by atoms with van der Waals surface area (Å²) in [5, 5.41) is 8.91. The first-order chi connectivity index (χ1) is 25.6. The van der Waals surface area contributed by atoms with Gasteiger partial charge in [-0.2, -0.15) is 0 Å². The minimum atomic E-state index is -2.38. The van der Waals surface area contributed by atoms with Crippen LogP contribution in [0.25, 0.3) is 17.0 Å². The number of amides is 3. The molecule has 1 aromatic heterocycles. The van der Waals surface area contributed by atoms with Gasteiger partial charge in [-0.05, 0) is 58.2 Å². The van der Waals surface area contributed by atoms with E-state index in [2.05, 4.69) is 20.9 Å². The van der Waals surface area contributed by atoms with Crippen LogP contribution in [0.2, 0.25) is 0 Å². The van der Waals surface area contributed by atoms with E-state index in [1.165, 1.54) is 17.9 Å². The summed E-state index contributed by atoms with van der Waals surface area (Å²) >= 11 is 16.9. The minimum absolute atomic E-state index is 0.0962. The van der Waals surface area contributed by atoms with Gasteiger partial charge in [0.25, 0.3) is 5.91 Å². The van der Waals surface area contributed by atoms with Crippen molar-refractivity contribution in [2.24, 2.45) is 11.3 Å². The van der Waals surface area contributed by atoms with Crippen LogP contribution in [0, 0.1) is 11.3 Å². The number of pyridine rings is 1. The number of ether oxygens (including phenoxy) is 3. The van der Waals surface area contributed by atoms with Crippen molar-refractivity contribution in [3.63, 3.8) is 0 Å². The Labute approximate surface area is 334 Å². The quantitative estimate of drug-likeness (QED) is 0.125.